The van der Waals surface area contributed by atoms with Crippen LogP contribution in [0.4, 0.5) is 5.82 Å². The Bertz CT molecular complexity index is 580. The van der Waals surface area contributed by atoms with Gasteiger partial charge in [-0.15, -0.1) is 0 Å². The minimum Gasteiger partial charge on any atom is -0.472 e. The van der Waals surface area contributed by atoms with E-state index in [-0.39, 0.29) is 5.91 Å². The lowest BCUT2D eigenvalue weighted by Gasteiger charge is -2.25. The average Bonchev–Trinajstić information content (AvgIpc) is 3.07. The van der Waals surface area contributed by atoms with E-state index in [2.05, 4.69) is 39.7 Å². The SMILES string of the molecule is CCN(CC)CCN(C(=O)c1ccoc1)c1ccc(Br)cn1. The van der Waals surface area contributed by atoms with E-state index in [1.165, 1.54) is 12.5 Å². The van der Waals surface area contributed by atoms with Crippen molar-refractivity contribution in [2.24, 2.45) is 0 Å². The number of likely N-dealkylation sites (N-methyl/N-ethyl adjacent to an activating group) is 1. The molecule has 2 heterocycles. The van der Waals surface area contributed by atoms with Crippen molar-refractivity contribution in [1.82, 2.24) is 9.88 Å². The molecule has 0 aliphatic carbocycles. The first kappa shape index (κ1) is 16.7. The zero-order chi connectivity index (χ0) is 15.9. The Morgan fingerprint density at radius 1 is 1.23 bits per heavy atom. The molecule has 0 N–H and O–H groups in total. The molecule has 118 valence electrons. The Hall–Kier alpha value is -1.66. The lowest BCUT2D eigenvalue weighted by atomic mass is 10.2. The van der Waals surface area contributed by atoms with Crippen LogP contribution in [0, 0.1) is 0 Å². The normalized spacial score (nSPS) is 10.9. The fourth-order valence-corrected chi connectivity index (χ4v) is 2.41. The van der Waals surface area contributed by atoms with Crippen molar-refractivity contribution < 1.29 is 9.21 Å². The molecule has 6 heteroatoms. The van der Waals surface area contributed by atoms with Crippen molar-refractivity contribution in [3.8, 4) is 0 Å². The van der Waals surface area contributed by atoms with Crippen molar-refractivity contribution in [1.29, 1.82) is 0 Å². The van der Waals surface area contributed by atoms with E-state index in [4.69, 9.17) is 4.42 Å². The molecule has 0 saturated carbocycles. The largest absolute Gasteiger partial charge is 0.472 e. The van der Waals surface area contributed by atoms with E-state index in [0.717, 1.165) is 24.1 Å². The molecule has 2 aromatic heterocycles. The van der Waals surface area contributed by atoms with Gasteiger partial charge in [0.25, 0.3) is 5.91 Å². The Labute approximate surface area is 139 Å². The van der Waals surface area contributed by atoms with Crippen molar-refractivity contribution in [2.75, 3.05) is 31.1 Å². The number of aromatic nitrogens is 1. The molecule has 22 heavy (non-hydrogen) atoms. The van der Waals surface area contributed by atoms with E-state index in [9.17, 15) is 4.79 Å². The van der Waals surface area contributed by atoms with Crippen LogP contribution in [0.15, 0.2) is 45.8 Å². The fourth-order valence-electron chi connectivity index (χ4n) is 2.17. The van der Waals surface area contributed by atoms with Gasteiger partial charge in [-0.3, -0.25) is 9.69 Å². The summed E-state index contributed by atoms with van der Waals surface area (Å²) in [5.41, 5.74) is 0.532. The number of amides is 1. The topological polar surface area (TPSA) is 49.6 Å². The van der Waals surface area contributed by atoms with Gasteiger partial charge in [0, 0.05) is 23.8 Å². The molecule has 1 amide bonds. The number of pyridine rings is 1. The summed E-state index contributed by atoms with van der Waals surface area (Å²) in [6, 6.07) is 5.39. The number of carbonyl (C=O) groups excluding carboxylic acids is 1. The number of furan rings is 1. The minimum atomic E-state index is -0.101. The number of hydrogen-bond donors (Lipinski definition) is 0. The highest BCUT2D eigenvalue weighted by Gasteiger charge is 2.20. The van der Waals surface area contributed by atoms with Gasteiger partial charge in [0.1, 0.15) is 12.1 Å². The Balaban J connectivity index is 2.20. The van der Waals surface area contributed by atoms with Crippen LogP contribution in [0.5, 0.6) is 0 Å². The maximum absolute atomic E-state index is 12.7. The molecule has 0 radical (unpaired) electrons. The average molecular weight is 366 g/mol. The maximum Gasteiger partial charge on any atom is 0.262 e. The lowest BCUT2D eigenvalue weighted by molar-refractivity contribution is 0.0982. The van der Waals surface area contributed by atoms with Crippen LogP contribution >= 0.6 is 15.9 Å². The van der Waals surface area contributed by atoms with Gasteiger partial charge in [-0.25, -0.2) is 4.98 Å². The highest BCUT2D eigenvalue weighted by atomic mass is 79.9. The monoisotopic (exact) mass is 365 g/mol. The second-order valence-electron chi connectivity index (χ2n) is 4.83. The van der Waals surface area contributed by atoms with E-state index >= 15 is 0 Å². The molecule has 2 aromatic rings. The predicted octanol–water partition coefficient (Wildman–Crippen LogP) is 3.43. The second kappa shape index (κ2) is 8.10. The van der Waals surface area contributed by atoms with Crippen molar-refractivity contribution in [3.63, 3.8) is 0 Å². The van der Waals surface area contributed by atoms with Crippen LogP contribution in [-0.2, 0) is 0 Å². The molecule has 0 unspecified atom stereocenters. The van der Waals surface area contributed by atoms with Gasteiger partial charge < -0.3 is 9.32 Å². The van der Waals surface area contributed by atoms with Gasteiger partial charge in [-0.1, -0.05) is 13.8 Å². The molecule has 0 fully saturated rings. The molecule has 0 saturated heterocycles. The van der Waals surface area contributed by atoms with Gasteiger partial charge in [-0.2, -0.15) is 0 Å². The fraction of sp³-hybridized carbons (Fsp3) is 0.375. The number of nitrogens with zero attached hydrogens (tertiary/aromatic N) is 3. The molecule has 0 atom stereocenters. The molecule has 0 aromatic carbocycles. The summed E-state index contributed by atoms with van der Waals surface area (Å²) in [5, 5.41) is 0. The summed E-state index contributed by atoms with van der Waals surface area (Å²) >= 11 is 3.37. The summed E-state index contributed by atoms with van der Waals surface area (Å²) in [6.45, 7) is 7.53. The first-order valence-corrected chi connectivity index (χ1v) is 8.13. The summed E-state index contributed by atoms with van der Waals surface area (Å²) in [5.74, 6) is 0.539. The summed E-state index contributed by atoms with van der Waals surface area (Å²) in [6.07, 6.45) is 4.67. The van der Waals surface area contributed by atoms with Gasteiger partial charge in [0.2, 0.25) is 0 Å². The van der Waals surface area contributed by atoms with E-state index in [1.807, 2.05) is 12.1 Å². The molecule has 0 aliphatic rings. The van der Waals surface area contributed by atoms with E-state index in [1.54, 1.807) is 17.2 Å². The van der Waals surface area contributed by atoms with E-state index < -0.39 is 0 Å². The maximum atomic E-state index is 12.7. The summed E-state index contributed by atoms with van der Waals surface area (Å²) in [4.78, 5) is 21.0. The molecule has 5 nitrogen and oxygen atoms in total. The molecule has 2 rings (SSSR count). The summed E-state index contributed by atoms with van der Waals surface area (Å²) in [7, 11) is 0. The minimum absolute atomic E-state index is 0.101. The van der Waals surface area contributed by atoms with Crippen LogP contribution in [0.1, 0.15) is 24.2 Å². The highest BCUT2D eigenvalue weighted by Crippen LogP contribution is 2.17. The molecule has 0 bridgehead atoms. The molecule has 0 spiro atoms. The second-order valence-corrected chi connectivity index (χ2v) is 5.75. The van der Waals surface area contributed by atoms with Crippen LogP contribution in [-0.4, -0.2) is 42.0 Å². The lowest BCUT2D eigenvalue weighted by Crippen LogP contribution is -2.39. The van der Waals surface area contributed by atoms with Crippen LogP contribution in [0.3, 0.4) is 0 Å². The third-order valence-electron chi connectivity index (χ3n) is 3.54. The molecular weight excluding hydrogens is 346 g/mol. The van der Waals surface area contributed by atoms with Crippen LogP contribution in [0.2, 0.25) is 0 Å². The smallest absolute Gasteiger partial charge is 0.262 e. The number of carbonyl (C=O) groups is 1. The van der Waals surface area contributed by atoms with Gasteiger partial charge in [0.05, 0.1) is 11.8 Å². The zero-order valence-electron chi connectivity index (χ0n) is 12.8. The van der Waals surface area contributed by atoms with Crippen LogP contribution in [0.25, 0.3) is 0 Å². The van der Waals surface area contributed by atoms with Crippen molar-refractivity contribution in [3.05, 3.63) is 47.0 Å². The van der Waals surface area contributed by atoms with E-state index in [0.29, 0.717) is 17.9 Å². The first-order valence-electron chi connectivity index (χ1n) is 7.33. The number of halogens is 1. The Kier molecular flexibility index (Phi) is 6.15. The first-order chi connectivity index (χ1) is 10.7. The zero-order valence-corrected chi connectivity index (χ0v) is 14.4. The van der Waals surface area contributed by atoms with Crippen molar-refractivity contribution >= 4 is 27.7 Å². The highest BCUT2D eigenvalue weighted by molar-refractivity contribution is 9.10. The molecule has 0 aliphatic heterocycles. The Morgan fingerprint density at radius 3 is 2.55 bits per heavy atom. The van der Waals surface area contributed by atoms with Gasteiger partial charge in [-0.05, 0) is 47.2 Å². The summed E-state index contributed by atoms with van der Waals surface area (Å²) < 4.78 is 5.91. The number of hydrogen-bond acceptors (Lipinski definition) is 4. The number of anilines is 1. The third-order valence-corrected chi connectivity index (χ3v) is 4.00. The standard InChI is InChI=1S/C16H20BrN3O2/c1-3-19(4-2)8-9-20(15-6-5-14(17)11-18-15)16(21)13-7-10-22-12-13/h5-7,10-12H,3-4,8-9H2,1-2H3. The number of rotatable bonds is 7. The third kappa shape index (κ3) is 4.18. The molecular formula is C16H20BrN3O2. The van der Waals surface area contributed by atoms with Crippen LogP contribution < -0.4 is 4.90 Å². The van der Waals surface area contributed by atoms with Gasteiger partial charge >= 0.3 is 0 Å². The predicted molar refractivity (Wildman–Crippen MR) is 90.1 cm³/mol. The Morgan fingerprint density at radius 2 is 2.00 bits per heavy atom. The van der Waals surface area contributed by atoms with Gasteiger partial charge in [0.15, 0.2) is 0 Å². The quantitative estimate of drug-likeness (QED) is 0.754. The van der Waals surface area contributed by atoms with Crippen molar-refractivity contribution in [2.45, 2.75) is 13.8 Å².